The van der Waals surface area contributed by atoms with E-state index in [4.69, 9.17) is 5.26 Å². The molecule has 0 unspecified atom stereocenters. The number of hydrogen-bond acceptors (Lipinski definition) is 5. The third kappa shape index (κ3) is 4.67. The Hall–Kier alpha value is -4.26. The summed E-state index contributed by atoms with van der Waals surface area (Å²) in [5, 5.41) is 12.4. The molecule has 10 heteroatoms. The van der Waals surface area contributed by atoms with E-state index in [0.29, 0.717) is 33.5 Å². The number of carbonyl (C=O) groups excluding carboxylic acids is 1. The van der Waals surface area contributed by atoms with Crippen LogP contribution in [0.25, 0.3) is 33.5 Å². The maximum Gasteiger partial charge on any atom is 0.433 e. The molecule has 0 fully saturated rings. The van der Waals surface area contributed by atoms with Gasteiger partial charge in [0, 0.05) is 34.6 Å². The number of amides is 1. The number of alkyl halides is 3. The Labute approximate surface area is 186 Å². The molecule has 4 heterocycles. The number of nitrogens with one attached hydrogen (secondary N) is 2. The lowest BCUT2D eigenvalue weighted by Gasteiger charge is -2.17. The molecule has 0 radical (unpaired) electrons. The topological polar surface area (TPSA) is 107 Å². The minimum atomic E-state index is -4.50. The molecule has 166 valence electrons. The number of nitrogens with zero attached hydrogens (tertiary/aromatic N) is 4. The molecule has 0 atom stereocenters. The van der Waals surface area contributed by atoms with Crippen molar-refractivity contribution in [1.82, 2.24) is 25.3 Å². The first-order valence-electron chi connectivity index (χ1n) is 9.79. The lowest BCUT2D eigenvalue weighted by Crippen LogP contribution is -2.42. The van der Waals surface area contributed by atoms with E-state index >= 15 is 0 Å². The molecule has 1 amide bonds. The minimum Gasteiger partial charge on any atom is -0.339 e. The maximum atomic E-state index is 12.7. The molecule has 0 aromatic carbocycles. The van der Waals surface area contributed by atoms with Crippen LogP contribution in [0.3, 0.4) is 0 Å². The van der Waals surface area contributed by atoms with Gasteiger partial charge in [-0.1, -0.05) is 6.07 Å². The number of carbonyl (C=O) groups is 1. The monoisotopic (exact) mass is 450 g/mol. The summed E-state index contributed by atoms with van der Waals surface area (Å²) in [5.41, 5.74) is 0.897. The minimum absolute atomic E-state index is 0.154. The summed E-state index contributed by atoms with van der Waals surface area (Å²) >= 11 is 0. The Balaban J connectivity index is 1.63. The van der Waals surface area contributed by atoms with E-state index in [-0.39, 0.29) is 5.69 Å². The molecule has 4 aromatic heterocycles. The van der Waals surface area contributed by atoms with E-state index in [1.807, 2.05) is 12.1 Å². The zero-order valence-corrected chi connectivity index (χ0v) is 17.5. The van der Waals surface area contributed by atoms with Crippen molar-refractivity contribution in [3.05, 3.63) is 66.2 Å². The van der Waals surface area contributed by atoms with E-state index in [1.54, 1.807) is 44.3 Å². The normalized spacial score (nSPS) is 11.9. The lowest BCUT2D eigenvalue weighted by atomic mass is 10.1. The van der Waals surface area contributed by atoms with Crippen molar-refractivity contribution in [2.75, 3.05) is 0 Å². The highest BCUT2D eigenvalue weighted by Crippen LogP contribution is 2.30. The second-order valence-corrected chi connectivity index (χ2v) is 7.87. The number of nitriles is 1. The second-order valence-electron chi connectivity index (χ2n) is 7.87. The summed E-state index contributed by atoms with van der Waals surface area (Å²) in [6.07, 6.45) is -1.77. The summed E-state index contributed by atoms with van der Waals surface area (Å²) in [4.78, 5) is 27.7. The van der Waals surface area contributed by atoms with E-state index in [0.717, 1.165) is 12.3 Å². The maximum absolute atomic E-state index is 12.7. The standard InChI is InChI=1S/C23H17F3N6O/c1-22(2,12-27)32-21(33)17-5-3-4-16(30-17)15-8-14-9-18(31-20(14)29-11-15)13-6-7-19(28-10-13)23(24,25)26/h3-11H,1-2H3,(H,29,31)(H,32,33). The van der Waals surface area contributed by atoms with Crippen LogP contribution in [0.4, 0.5) is 13.2 Å². The summed E-state index contributed by atoms with van der Waals surface area (Å²) in [6.45, 7) is 3.17. The van der Waals surface area contributed by atoms with Crippen LogP contribution >= 0.6 is 0 Å². The summed E-state index contributed by atoms with van der Waals surface area (Å²) in [5.74, 6) is -0.476. The van der Waals surface area contributed by atoms with Gasteiger partial charge < -0.3 is 10.3 Å². The van der Waals surface area contributed by atoms with Gasteiger partial charge in [0.15, 0.2) is 0 Å². The van der Waals surface area contributed by atoms with Gasteiger partial charge >= 0.3 is 6.18 Å². The predicted molar refractivity (Wildman–Crippen MR) is 115 cm³/mol. The van der Waals surface area contributed by atoms with Crippen LogP contribution < -0.4 is 5.32 Å². The van der Waals surface area contributed by atoms with Gasteiger partial charge in [0.1, 0.15) is 22.6 Å². The predicted octanol–water partition coefficient (Wildman–Crippen LogP) is 4.74. The molecular weight excluding hydrogens is 433 g/mol. The lowest BCUT2D eigenvalue weighted by molar-refractivity contribution is -0.141. The van der Waals surface area contributed by atoms with E-state index in [2.05, 4.69) is 25.3 Å². The molecule has 0 spiro atoms. The van der Waals surface area contributed by atoms with Crippen LogP contribution in [-0.2, 0) is 6.18 Å². The van der Waals surface area contributed by atoms with Crippen LogP contribution in [0.5, 0.6) is 0 Å². The average Bonchev–Trinajstić information content (AvgIpc) is 3.22. The SMILES string of the molecule is CC(C)(C#N)NC(=O)c1cccc(-c2cnc3[nH]c(-c4ccc(C(F)(F)F)nc4)cc3c2)n1. The van der Waals surface area contributed by atoms with E-state index in [9.17, 15) is 18.0 Å². The summed E-state index contributed by atoms with van der Waals surface area (Å²) < 4.78 is 38.2. The molecule has 0 saturated heterocycles. The van der Waals surface area contributed by atoms with Crippen molar-refractivity contribution in [3.8, 4) is 28.6 Å². The summed E-state index contributed by atoms with van der Waals surface area (Å²) in [7, 11) is 0. The van der Waals surface area contributed by atoms with Crippen molar-refractivity contribution < 1.29 is 18.0 Å². The van der Waals surface area contributed by atoms with Gasteiger partial charge in [-0.25, -0.2) is 9.97 Å². The first-order chi connectivity index (χ1) is 15.6. The number of aromatic nitrogens is 4. The smallest absolute Gasteiger partial charge is 0.339 e. The Morgan fingerprint density at radius 2 is 1.82 bits per heavy atom. The van der Waals surface area contributed by atoms with Gasteiger partial charge in [0.05, 0.1) is 11.8 Å². The molecule has 7 nitrogen and oxygen atoms in total. The number of aromatic amines is 1. The van der Waals surface area contributed by atoms with Crippen LogP contribution in [0.1, 0.15) is 30.0 Å². The first kappa shape index (κ1) is 22.0. The molecule has 4 rings (SSSR count). The van der Waals surface area contributed by atoms with Crippen molar-refractivity contribution in [3.63, 3.8) is 0 Å². The molecule has 33 heavy (non-hydrogen) atoms. The fraction of sp³-hybridized carbons (Fsp3) is 0.174. The van der Waals surface area contributed by atoms with E-state index < -0.39 is 23.3 Å². The summed E-state index contributed by atoms with van der Waals surface area (Å²) in [6, 6.07) is 12.8. The molecule has 4 aromatic rings. The highest BCUT2D eigenvalue weighted by atomic mass is 19.4. The zero-order chi connectivity index (χ0) is 23.8. The Morgan fingerprint density at radius 3 is 2.48 bits per heavy atom. The van der Waals surface area contributed by atoms with Crippen molar-refractivity contribution in [2.24, 2.45) is 0 Å². The largest absolute Gasteiger partial charge is 0.433 e. The van der Waals surface area contributed by atoms with Gasteiger partial charge in [0.25, 0.3) is 5.91 Å². The van der Waals surface area contributed by atoms with Gasteiger partial charge in [-0.15, -0.1) is 0 Å². The van der Waals surface area contributed by atoms with Crippen LogP contribution in [0, 0.1) is 11.3 Å². The Kier molecular flexibility index (Phi) is 5.33. The highest BCUT2D eigenvalue weighted by Gasteiger charge is 2.32. The zero-order valence-electron chi connectivity index (χ0n) is 17.5. The highest BCUT2D eigenvalue weighted by molar-refractivity contribution is 5.94. The number of fused-ring (bicyclic) bond motifs is 1. The second kappa shape index (κ2) is 8.02. The van der Waals surface area contributed by atoms with Crippen molar-refractivity contribution >= 4 is 16.9 Å². The van der Waals surface area contributed by atoms with Crippen LogP contribution in [0.15, 0.2) is 54.9 Å². The quantitative estimate of drug-likeness (QED) is 0.467. The average molecular weight is 450 g/mol. The van der Waals surface area contributed by atoms with Crippen molar-refractivity contribution in [2.45, 2.75) is 25.6 Å². The van der Waals surface area contributed by atoms with Crippen molar-refractivity contribution in [1.29, 1.82) is 5.26 Å². The molecule has 2 N–H and O–H groups in total. The first-order valence-corrected chi connectivity index (χ1v) is 9.79. The molecule has 0 aliphatic rings. The third-order valence-corrected chi connectivity index (χ3v) is 4.82. The molecule has 0 saturated carbocycles. The van der Waals surface area contributed by atoms with Gasteiger partial charge in [-0.2, -0.15) is 18.4 Å². The number of rotatable bonds is 4. The van der Waals surface area contributed by atoms with Gasteiger partial charge in [-0.3, -0.25) is 9.78 Å². The fourth-order valence-electron chi connectivity index (χ4n) is 3.13. The Bertz CT molecular complexity index is 1380. The number of H-pyrrole nitrogens is 1. The van der Waals surface area contributed by atoms with E-state index in [1.165, 1.54) is 6.07 Å². The number of hydrogen-bond donors (Lipinski definition) is 2. The van der Waals surface area contributed by atoms with Gasteiger partial charge in [-0.05, 0) is 50.2 Å². The molecular formula is C23H17F3N6O. The third-order valence-electron chi connectivity index (χ3n) is 4.82. The van der Waals surface area contributed by atoms with Crippen LogP contribution in [0.2, 0.25) is 0 Å². The molecule has 0 bridgehead atoms. The molecule has 0 aliphatic heterocycles. The number of halogens is 3. The Morgan fingerprint density at radius 1 is 1.06 bits per heavy atom. The van der Waals surface area contributed by atoms with Crippen LogP contribution in [-0.4, -0.2) is 31.4 Å². The fourth-order valence-corrected chi connectivity index (χ4v) is 3.13. The van der Waals surface area contributed by atoms with Gasteiger partial charge in [0.2, 0.25) is 0 Å². The number of pyridine rings is 3. The molecule has 0 aliphatic carbocycles.